The third-order valence-electron chi connectivity index (χ3n) is 3.59. The molecule has 1 aliphatic carbocycles. The summed E-state index contributed by atoms with van der Waals surface area (Å²) < 4.78 is 0. The normalized spacial score (nSPS) is 22.4. The molecule has 0 heterocycles. The molecule has 0 aromatic rings. The molecule has 0 aromatic carbocycles. The average Bonchev–Trinajstić information content (AvgIpc) is 2.40. The molecular weight excluding hydrogens is 184 g/mol. The van der Waals surface area contributed by atoms with Crippen LogP contribution in [0.25, 0.3) is 0 Å². The monoisotopic (exact) mass is 212 g/mol. The van der Waals surface area contributed by atoms with Gasteiger partial charge in [-0.25, -0.2) is 0 Å². The van der Waals surface area contributed by atoms with Crippen LogP contribution in [0.5, 0.6) is 0 Å². The summed E-state index contributed by atoms with van der Waals surface area (Å²) in [6.45, 7) is 8.62. The molecule has 1 fully saturated rings. The van der Waals surface area contributed by atoms with E-state index in [4.69, 9.17) is 5.73 Å². The van der Waals surface area contributed by atoms with Gasteiger partial charge in [0.05, 0.1) is 0 Å². The Morgan fingerprint density at radius 1 is 1.07 bits per heavy atom. The van der Waals surface area contributed by atoms with Gasteiger partial charge in [-0.1, -0.05) is 25.7 Å². The van der Waals surface area contributed by atoms with Crippen molar-refractivity contribution in [3.63, 3.8) is 0 Å². The minimum absolute atomic E-state index is 0.217. The fourth-order valence-electron chi connectivity index (χ4n) is 2.38. The lowest BCUT2D eigenvalue weighted by Gasteiger charge is -2.35. The highest BCUT2D eigenvalue weighted by Crippen LogP contribution is 2.33. The van der Waals surface area contributed by atoms with Gasteiger partial charge in [-0.15, -0.1) is 0 Å². The molecule has 0 amide bonds. The molecule has 90 valence electrons. The molecule has 0 saturated heterocycles. The quantitative estimate of drug-likeness (QED) is 0.706. The molecule has 0 atom stereocenters. The van der Waals surface area contributed by atoms with Crippen LogP contribution in [0.4, 0.5) is 0 Å². The van der Waals surface area contributed by atoms with Crippen molar-refractivity contribution in [2.45, 2.75) is 64.8 Å². The van der Waals surface area contributed by atoms with Gasteiger partial charge in [0, 0.05) is 12.1 Å². The third-order valence-corrected chi connectivity index (χ3v) is 3.59. The molecule has 1 rings (SSSR count). The number of hydrogen-bond acceptors (Lipinski definition) is 2. The highest BCUT2D eigenvalue weighted by Gasteiger charge is 2.30. The maximum atomic E-state index is 6.00. The van der Waals surface area contributed by atoms with Crippen LogP contribution in [0.3, 0.4) is 0 Å². The molecule has 0 aromatic heterocycles. The molecule has 0 bridgehead atoms. The van der Waals surface area contributed by atoms with Crippen molar-refractivity contribution in [1.82, 2.24) is 5.32 Å². The van der Waals surface area contributed by atoms with E-state index in [0.29, 0.717) is 5.41 Å². The molecule has 1 saturated carbocycles. The van der Waals surface area contributed by atoms with Crippen LogP contribution in [0.15, 0.2) is 0 Å². The maximum Gasteiger partial charge on any atom is 0.00967 e. The van der Waals surface area contributed by atoms with E-state index < -0.39 is 0 Å². The van der Waals surface area contributed by atoms with Crippen LogP contribution in [-0.2, 0) is 0 Å². The second-order valence-corrected chi connectivity index (χ2v) is 6.22. The lowest BCUT2D eigenvalue weighted by atomic mass is 9.80. The van der Waals surface area contributed by atoms with E-state index in [1.807, 2.05) is 0 Å². The largest absolute Gasteiger partial charge is 0.330 e. The lowest BCUT2D eigenvalue weighted by Crippen LogP contribution is -2.46. The first-order valence-corrected chi connectivity index (χ1v) is 6.43. The Balaban J connectivity index is 2.50. The van der Waals surface area contributed by atoms with E-state index in [9.17, 15) is 0 Å². The molecular formula is C13H28N2. The minimum Gasteiger partial charge on any atom is -0.330 e. The summed E-state index contributed by atoms with van der Waals surface area (Å²) in [7, 11) is 0. The van der Waals surface area contributed by atoms with Crippen LogP contribution in [0, 0.1) is 5.41 Å². The lowest BCUT2D eigenvalue weighted by molar-refractivity contribution is 0.217. The third kappa shape index (κ3) is 4.52. The SMILES string of the molecule is CC(C)(C)NCC1(CN)CCCCCC1. The van der Waals surface area contributed by atoms with Gasteiger partial charge in [0.2, 0.25) is 0 Å². The predicted octanol–water partition coefficient (Wildman–Crippen LogP) is 2.67. The van der Waals surface area contributed by atoms with Crippen molar-refractivity contribution in [2.75, 3.05) is 13.1 Å². The van der Waals surface area contributed by atoms with Gasteiger partial charge in [-0.2, -0.15) is 0 Å². The van der Waals surface area contributed by atoms with Crippen molar-refractivity contribution < 1.29 is 0 Å². The summed E-state index contributed by atoms with van der Waals surface area (Å²) in [6, 6.07) is 0. The van der Waals surface area contributed by atoms with E-state index in [1.165, 1.54) is 38.5 Å². The standard InChI is InChI=1S/C13H28N2/c1-12(2,3)15-11-13(10-14)8-6-4-5-7-9-13/h15H,4-11,14H2,1-3H3. The van der Waals surface area contributed by atoms with Crippen molar-refractivity contribution in [2.24, 2.45) is 11.1 Å². The Labute approximate surface area is 95.0 Å². The molecule has 1 aliphatic rings. The molecule has 0 spiro atoms. The highest BCUT2D eigenvalue weighted by molar-refractivity contribution is 4.87. The summed E-state index contributed by atoms with van der Waals surface area (Å²) in [5.41, 5.74) is 6.59. The average molecular weight is 212 g/mol. The summed E-state index contributed by atoms with van der Waals surface area (Å²) in [4.78, 5) is 0. The van der Waals surface area contributed by atoms with E-state index >= 15 is 0 Å². The Morgan fingerprint density at radius 2 is 1.60 bits per heavy atom. The van der Waals surface area contributed by atoms with Gasteiger partial charge in [-0.05, 0) is 45.6 Å². The number of hydrogen-bond donors (Lipinski definition) is 2. The number of nitrogens with one attached hydrogen (secondary N) is 1. The summed E-state index contributed by atoms with van der Waals surface area (Å²) in [5.74, 6) is 0. The second-order valence-electron chi connectivity index (χ2n) is 6.22. The molecule has 2 heteroatoms. The summed E-state index contributed by atoms with van der Waals surface area (Å²) in [6.07, 6.45) is 8.15. The van der Waals surface area contributed by atoms with Crippen LogP contribution >= 0.6 is 0 Å². The first-order valence-electron chi connectivity index (χ1n) is 6.43. The molecule has 0 aliphatic heterocycles. The maximum absolute atomic E-state index is 6.00. The summed E-state index contributed by atoms with van der Waals surface area (Å²) >= 11 is 0. The smallest absolute Gasteiger partial charge is 0.00967 e. The van der Waals surface area contributed by atoms with Gasteiger partial charge in [0.1, 0.15) is 0 Å². The molecule has 3 N–H and O–H groups in total. The first-order chi connectivity index (χ1) is 6.97. The Bertz CT molecular complexity index is 173. The van der Waals surface area contributed by atoms with Crippen LogP contribution in [-0.4, -0.2) is 18.6 Å². The molecule has 0 radical (unpaired) electrons. The Morgan fingerprint density at radius 3 is 2.00 bits per heavy atom. The molecule has 2 nitrogen and oxygen atoms in total. The number of nitrogens with two attached hydrogens (primary N) is 1. The Kier molecular flexibility index (Phi) is 4.60. The van der Waals surface area contributed by atoms with Gasteiger partial charge in [0.15, 0.2) is 0 Å². The predicted molar refractivity (Wildman–Crippen MR) is 66.9 cm³/mol. The molecule has 0 unspecified atom stereocenters. The van der Waals surface area contributed by atoms with Gasteiger partial charge in [0.25, 0.3) is 0 Å². The van der Waals surface area contributed by atoms with E-state index in [-0.39, 0.29) is 5.54 Å². The van der Waals surface area contributed by atoms with Crippen LogP contribution < -0.4 is 11.1 Å². The van der Waals surface area contributed by atoms with Crippen LogP contribution in [0.1, 0.15) is 59.3 Å². The molecule has 15 heavy (non-hydrogen) atoms. The second kappa shape index (κ2) is 5.31. The fourth-order valence-corrected chi connectivity index (χ4v) is 2.38. The van der Waals surface area contributed by atoms with E-state index in [1.54, 1.807) is 0 Å². The first kappa shape index (κ1) is 13.0. The zero-order valence-corrected chi connectivity index (χ0v) is 10.7. The van der Waals surface area contributed by atoms with Gasteiger partial charge < -0.3 is 11.1 Å². The van der Waals surface area contributed by atoms with E-state index in [2.05, 4.69) is 26.1 Å². The van der Waals surface area contributed by atoms with Crippen molar-refractivity contribution in [3.8, 4) is 0 Å². The zero-order valence-electron chi connectivity index (χ0n) is 10.7. The topological polar surface area (TPSA) is 38.0 Å². The number of rotatable bonds is 3. The van der Waals surface area contributed by atoms with Crippen molar-refractivity contribution >= 4 is 0 Å². The van der Waals surface area contributed by atoms with Crippen molar-refractivity contribution in [1.29, 1.82) is 0 Å². The van der Waals surface area contributed by atoms with Gasteiger partial charge in [-0.3, -0.25) is 0 Å². The highest BCUT2D eigenvalue weighted by atomic mass is 15.0. The zero-order chi connectivity index (χ0) is 11.4. The summed E-state index contributed by atoms with van der Waals surface area (Å²) in [5, 5.41) is 3.63. The Hall–Kier alpha value is -0.0800. The van der Waals surface area contributed by atoms with E-state index in [0.717, 1.165) is 13.1 Å². The minimum atomic E-state index is 0.217. The van der Waals surface area contributed by atoms with Gasteiger partial charge >= 0.3 is 0 Å². The van der Waals surface area contributed by atoms with Crippen LogP contribution in [0.2, 0.25) is 0 Å². The fraction of sp³-hybridized carbons (Fsp3) is 1.00. The van der Waals surface area contributed by atoms with Crippen molar-refractivity contribution in [3.05, 3.63) is 0 Å².